The van der Waals surface area contributed by atoms with Crippen LogP contribution in [0.2, 0.25) is 0 Å². The highest BCUT2D eigenvalue weighted by atomic mass is 15.2. The molecule has 0 aliphatic heterocycles. The number of hydrogen-bond acceptors (Lipinski definition) is 3. The Morgan fingerprint density at radius 1 is 1.26 bits per heavy atom. The van der Waals surface area contributed by atoms with Crippen LogP contribution >= 0.6 is 0 Å². The second-order valence-corrected chi connectivity index (χ2v) is 4.69. The minimum atomic E-state index is 0.688. The summed E-state index contributed by atoms with van der Waals surface area (Å²) in [5, 5.41) is 1.18. The van der Waals surface area contributed by atoms with Crippen LogP contribution in [0.25, 0.3) is 10.9 Å². The first-order valence-corrected chi connectivity index (χ1v) is 6.19. The molecule has 0 saturated carbocycles. The van der Waals surface area contributed by atoms with Crippen LogP contribution in [0.4, 0.5) is 17.2 Å². The number of aromatic nitrogens is 2. The standard InChI is InChI=1S/C15H16N4/c1-10-7-11(16)8-18-15(10)19(2)14-9-17-13-6-4-3-5-12(13)14/h3-9,17H,16H2,1-2H3. The first-order valence-electron chi connectivity index (χ1n) is 6.19. The van der Waals surface area contributed by atoms with Gasteiger partial charge in [0.25, 0.3) is 0 Å². The van der Waals surface area contributed by atoms with E-state index >= 15 is 0 Å². The minimum absolute atomic E-state index is 0.688. The Balaban J connectivity index is 2.10. The van der Waals surface area contributed by atoms with Crippen molar-refractivity contribution in [1.29, 1.82) is 0 Å². The van der Waals surface area contributed by atoms with Crippen LogP contribution < -0.4 is 10.6 Å². The molecular weight excluding hydrogens is 236 g/mol. The molecule has 0 fully saturated rings. The number of nitrogens with two attached hydrogens (primary N) is 1. The highest BCUT2D eigenvalue weighted by Gasteiger charge is 2.12. The number of para-hydroxylation sites is 1. The van der Waals surface area contributed by atoms with Crippen LogP contribution in [0.15, 0.2) is 42.7 Å². The van der Waals surface area contributed by atoms with Crippen LogP contribution in [-0.4, -0.2) is 17.0 Å². The fourth-order valence-electron chi connectivity index (χ4n) is 2.39. The average molecular weight is 252 g/mol. The molecule has 0 aliphatic carbocycles. The number of fused-ring (bicyclic) bond motifs is 1. The fraction of sp³-hybridized carbons (Fsp3) is 0.133. The third-order valence-corrected chi connectivity index (χ3v) is 3.32. The molecule has 0 unspecified atom stereocenters. The van der Waals surface area contributed by atoms with Gasteiger partial charge in [-0.1, -0.05) is 18.2 Å². The summed E-state index contributed by atoms with van der Waals surface area (Å²) >= 11 is 0. The molecule has 4 nitrogen and oxygen atoms in total. The normalized spacial score (nSPS) is 10.8. The van der Waals surface area contributed by atoms with Crippen LogP contribution in [0, 0.1) is 6.92 Å². The van der Waals surface area contributed by atoms with Crippen molar-refractivity contribution in [3.8, 4) is 0 Å². The smallest absolute Gasteiger partial charge is 0.135 e. The maximum atomic E-state index is 5.75. The lowest BCUT2D eigenvalue weighted by atomic mass is 10.2. The Morgan fingerprint density at radius 3 is 2.84 bits per heavy atom. The molecule has 96 valence electrons. The topological polar surface area (TPSA) is 57.9 Å². The van der Waals surface area contributed by atoms with E-state index in [-0.39, 0.29) is 0 Å². The van der Waals surface area contributed by atoms with Crippen molar-refractivity contribution >= 4 is 28.1 Å². The van der Waals surface area contributed by atoms with Gasteiger partial charge >= 0.3 is 0 Å². The molecule has 0 radical (unpaired) electrons. The van der Waals surface area contributed by atoms with Gasteiger partial charge in [-0.05, 0) is 24.6 Å². The predicted molar refractivity (Wildman–Crippen MR) is 79.7 cm³/mol. The Labute approximate surface area is 111 Å². The van der Waals surface area contributed by atoms with Crippen molar-refractivity contribution in [3.63, 3.8) is 0 Å². The molecule has 3 N–H and O–H groups in total. The number of benzene rings is 1. The van der Waals surface area contributed by atoms with Crippen molar-refractivity contribution in [2.24, 2.45) is 0 Å². The molecule has 0 saturated heterocycles. The van der Waals surface area contributed by atoms with Gasteiger partial charge in [0.15, 0.2) is 0 Å². The lowest BCUT2D eigenvalue weighted by Crippen LogP contribution is -2.12. The lowest BCUT2D eigenvalue weighted by Gasteiger charge is -2.19. The number of H-pyrrole nitrogens is 1. The molecule has 1 aromatic carbocycles. The zero-order valence-corrected chi connectivity index (χ0v) is 11.0. The van der Waals surface area contributed by atoms with Gasteiger partial charge in [0.1, 0.15) is 5.82 Å². The number of aromatic amines is 1. The summed E-state index contributed by atoms with van der Waals surface area (Å²) in [4.78, 5) is 9.78. The predicted octanol–water partition coefficient (Wildman–Crippen LogP) is 3.22. The summed E-state index contributed by atoms with van der Waals surface area (Å²) in [5.41, 5.74) is 9.73. The van der Waals surface area contributed by atoms with Crippen LogP contribution in [0.1, 0.15) is 5.56 Å². The molecule has 2 aromatic heterocycles. The van der Waals surface area contributed by atoms with Gasteiger partial charge in [-0.3, -0.25) is 0 Å². The quantitative estimate of drug-likeness (QED) is 0.736. The minimum Gasteiger partial charge on any atom is -0.397 e. The maximum absolute atomic E-state index is 5.75. The molecule has 0 aliphatic rings. The molecule has 0 spiro atoms. The van der Waals surface area contributed by atoms with Crippen molar-refractivity contribution in [3.05, 3.63) is 48.3 Å². The molecule has 0 amide bonds. The van der Waals surface area contributed by atoms with E-state index in [0.717, 1.165) is 22.6 Å². The van der Waals surface area contributed by atoms with Gasteiger partial charge in [-0.25, -0.2) is 4.98 Å². The Hall–Kier alpha value is -2.49. The molecule has 0 atom stereocenters. The summed E-state index contributed by atoms with van der Waals surface area (Å²) in [6.45, 7) is 2.02. The second kappa shape index (κ2) is 4.31. The number of pyridine rings is 1. The Morgan fingerprint density at radius 2 is 2.05 bits per heavy atom. The number of hydrogen-bond donors (Lipinski definition) is 2. The third-order valence-electron chi connectivity index (χ3n) is 3.32. The molecule has 19 heavy (non-hydrogen) atoms. The first-order chi connectivity index (χ1) is 9.16. The molecule has 2 heterocycles. The first kappa shape index (κ1) is 11.6. The summed E-state index contributed by atoms with van der Waals surface area (Å²) in [6, 6.07) is 10.2. The highest BCUT2D eigenvalue weighted by Crippen LogP contribution is 2.31. The van der Waals surface area contributed by atoms with Crippen LogP contribution in [0.3, 0.4) is 0 Å². The van der Waals surface area contributed by atoms with Gasteiger partial charge in [0.2, 0.25) is 0 Å². The number of anilines is 3. The van der Waals surface area contributed by atoms with E-state index in [9.17, 15) is 0 Å². The summed E-state index contributed by atoms with van der Waals surface area (Å²) in [7, 11) is 2.02. The van der Waals surface area contributed by atoms with Gasteiger partial charge in [-0.2, -0.15) is 0 Å². The SMILES string of the molecule is Cc1cc(N)cnc1N(C)c1c[nH]c2ccccc12. The zero-order chi connectivity index (χ0) is 13.4. The van der Waals surface area contributed by atoms with Gasteiger partial charge < -0.3 is 15.6 Å². The van der Waals surface area contributed by atoms with Crippen LogP contribution in [-0.2, 0) is 0 Å². The molecular formula is C15H16N4. The van der Waals surface area contributed by atoms with E-state index in [1.54, 1.807) is 6.20 Å². The van der Waals surface area contributed by atoms with Crippen LogP contribution in [0.5, 0.6) is 0 Å². The number of rotatable bonds is 2. The van der Waals surface area contributed by atoms with Gasteiger partial charge in [-0.15, -0.1) is 0 Å². The van der Waals surface area contributed by atoms with E-state index in [2.05, 4.69) is 27.0 Å². The van der Waals surface area contributed by atoms with Gasteiger partial charge in [0.05, 0.1) is 17.6 Å². The number of nitrogens with one attached hydrogen (secondary N) is 1. The van der Waals surface area contributed by atoms with E-state index < -0.39 is 0 Å². The second-order valence-electron chi connectivity index (χ2n) is 4.69. The summed E-state index contributed by atoms with van der Waals surface area (Å²) < 4.78 is 0. The highest BCUT2D eigenvalue weighted by molar-refractivity contribution is 5.94. The van der Waals surface area contributed by atoms with Crippen molar-refractivity contribution in [2.75, 3.05) is 17.7 Å². The third kappa shape index (κ3) is 1.91. The Bertz CT molecular complexity index is 730. The summed E-state index contributed by atoms with van der Waals surface area (Å²) in [6.07, 6.45) is 3.69. The number of aryl methyl sites for hydroxylation is 1. The van der Waals surface area contributed by atoms with Crippen molar-refractivity contribution < 1.29 is 0 Å². The fourth-order valence-corrected chi connectivity index (χ4v) is 2.39. The van der Waals surface area contributed by atoms with Gasteiger partial charge in [0, 0.05) is 24.1 Å². The zero-order valence-electron chi connectivity index (χ0n) is 11.0. The van der Waals surface area contributed by atoms with Crippen molar-refractivity contribution in [2.45, 2.75) is 6.92 Å². The van der Waals surface area contributed by atoms with E-state index in [0.29, 0.717) is 5.69 Å². The monoisotopic (exact) mass is 252 g/mol. The lowest BCUT2D eigenvalue weighted by molar-refractivity contribution is 1.11. The van der Waals surface area contributed by atoms with Crippen molar-refractivity contribution in [1.82, 2.24) is 9.97 Å². The van der Waals surface area contributed by atoms with E-state index in [1.165, 1.54) is 5.39 Å². The summed E-state index contributed by atoms with van der Waals surface area (Å²) in [5.74, 6) is 0.916. The van der Waals surface area contributed by atoms with E-state index in [4.69, 9.17) is 5.73 Å². The molecule has 4 heteroatoms. The largest absolute Gasteiger partial charge is 0.397 e. The molecule has 3 rings (SSSR count). The number of nitrogen functional groups attached to an aromatic ring is 1. The molecule has 3 aromatic rings. The molecule has 0 bridgehead atoms. The maximum Gasteiger partial charge on any atom is 0.135 e. The Kier molecular flexibility index (Phi) is 2.63. The average Bonchev–Trinajstić information content (AvgIpc) is 2.82. The number of nitrogens with zero attached hydrogens (tertiary/aromatic N) is 2. The van der Waals surface area contributed by atoms with E-state index in [1.807, 2.05) is 38.4 Å².